The number of benzene rings is 3. The van der Waals surface area contributed by atoms with Crippen LogP contribution in [0, 0.1) is 0 Å². The maximum absolute atomic E-state index is 5.81. The summed E-state index contributed by atoms with van der Waals surface area (Å²) < 4.78 is 5.81. The summed E-state index contributed by atoms with van der Waals surface area (Å²) in [6.45, 7) is 2.47. The molecule has 0 saturated carbocycles. The van der Waals surface area contributed by atoms with Crippen LogP contribution in [-0.4, -0.2) is 6.54 Å². The highest BCUT2D eigenvalue weighted by molar-refractivity contribution is 5.85. The minimum Gasteiger partial charge on any atom is -0.489 e. The van der Waals surface area contributed by atoms with Crippen LogP contribution in [0.3, 0.4) is 0 Å². The molecule has 1 N–H and O–H groups in total. The molecule has 0 aliphatic rings. The second kappa shape index (κ2) is 10.5. The SMILES string of the molecule is Cl.c1ccc(CCNCc2ccc(OCc3ccccc3)cc2)cc1. The molecule has 3 aromatic rings. The van der Waals surface area contributed by atoms with E-state index in [1.165, 1.54) is 16.7 Å². The molecule has 25 heavy (non-hydrogen) atoms. The van der Waals surface area contributed by atoms with E-state index in [1.807, 2.05) is 30.3 Å². The predicted octanol–water partition coefficient (Wildman–Crippen LogP) is 5.02. The Morgan fingerprint density at radius 3 is 1.88 bits per heavy atom. The second-order valence-corrected chi connectivity index (χ2v) is 5.83. The molecule has 0 unspecified atom stereocenters. The minimum atomic E-state index is 0. The lowest BCUT2D eigenvalue weighted by molar-refractivity contribution is 0.306. The van der Waals surface area contributed by atoms with E-state index >= 15 is 0 Å². The van der Waals surface area contributed by atoms with E-state index < -0.39 is 0 Å². The van der Waals surface area contributed by atoms with Gasteiger partial charge >= 0.3 is 0 Å². The zero-order valence-corrected chi connectivity index (χ0v) is 15.0. The summed E-state index contributed by atoms with van der Waals surface area (Å²) >= 11 is 0. The van der Waals surface area contributed by atoms with Crippen molar-refractivity contribution in [2.24, 2.45) is 0 Å². The normalized spacial score (nSPS) is 10.1. The summed E-state index contributed by atoms with van der Waals surface area (Å²) in [5.74, 6) is 0.909. The fraction of sp³-hybridized carbons (Fsp3) is 0.182. The fourth-order valence-electron chi connectivity index (χ4n) is 2.55. The van der Waals surface area contributed by atoms with Crippen molar-refractivity contribution in [3.05, 3.63) is 102 Å². The second-order valence-electron chi connectivity index (χ2n) is 5.83. The summed E-state index contributed by atoms with van der Waals surface area (Å²) in [4.78, 5) is 0. The number of hydrogen-bond acceptors (Lipinski definition) is 2. The molecule has 0 atom stereocenters. The standard InChI is InChI=1S/C22H23NO.ClH/c1-3-7-19(8-4-1)15-16-23-17-20-11-13-22(14-12-20)24-18-21-9-5-2-6-10-21;/h1-14,23H,15-18H2;1H. The third kappa shape index (κ3) is 6.61. The summed E-state index contributed by atoms with van der Waals surface area (Å²) in [6, 6.07) is 29.1. The zero-order chi connectivity index (χ0) is 16.5. The molecule has 0 aromatic heterocycles. The van der Waals surface area contributed by atoms with Crippen LogP contribution in [0.4, 0.5) is 0 Å². The summed E-state index contributed by atoms with van der Waals surface area (Å²) in [5.41, 5.74) is 3.83. The van der Waals surface area contributed by atoms with E-state index in [0.717, 1.165) is 25.3 Å². The first kappa shape index (κ1) is 19.0. The minimum absolute atomic E-state index is 0. The van der Waals surface area contributed by atoms with E-state index in [4.69, 9.17) is 4.74 Å². The van der Waals surface area contributed by atoms with Crippen molar-refractivity contribution in [1.82, 2.24) is 5.32 Å². The monoisotopic (exact) mass is 353 g/mol. The average molecular weight is 354 g/mol. The molecule has 0 amide bonds. The van der Waals surface area contributed by atoms with Crippen molar-refractivity contribution >= 4 is 12.4 Å². The van der Waals surface area contributed by atoms with Crippen molar-refractivity contribution in [1.29, 1.82) is 0 Å². The van der Waals surface area contributed by atoms with Crippen LogP contribution in [-0.2, 0) is 19.6 Å². The Labute approximate surface area is 156 Å². The zero-order valence-electron chi connectivity index (χ0n) is 14.2. The van der Waals surface area contributed by atoms with Gasteiger partial charge in [0.1, 0.15) is 12.4 Å². The van der Waals surface area contributed by atoms with Crippen LogP contribution in [0.15, 0.2) is 84.9 Å². The van der Waals surface area contributed by atoms with Gasteiger partial charge in [0.05, 0.1) is 0 Å². The number of rotatable bonds is 8. The Morgan fingerprint density at radius 2 is 1.24 bits per heavy atom. The van der Waals surface area contributed by atoms with Gasteiger partial charge in [-0.25, -0.2) is 0 Å². The van der Waals surface area contributed by atoms with Gasteiger partial charge in [0.25, 0.3) is 0 Å². The third-order valence-electron chi connectivity index (χ3n) is 3.93. The molecule has 0 spiro atoms. The van der Waals surface area contributed by atoms with Gasteiger partial charge in [0, 0.05) is 6.54 Å². The molecule has 3 heteroatoms. The lowest BCUT2D eigenvalue weighted by atomic mass is 10.1. The first-order valence-corrected chi connectivity index (χ1v) is 8.40. The number of ether oxygens (including phenoxy) is 1. The van der Waals surface area contributed by atoms with E-state index in [9.17, 15) is 0 Å². The van der Waals surface area contributed by atoms with E-state index in [0.29, 0.717) is 6.61 Å². The topological polar surface area (TPSA) is 21.3 Å². The Bertz CT molecular complexity index is 714. The molecule has 0 bridgehead atoms. The number of halogens is 1. The fourth-order valence-corrected chi connectivity index (χ4v) is 2.55. The molecule has 130 valence electrons. The van der Waals surface area contributed by atoms with Gasteiger partial charge in [-0.1, -0.05) is 72.8 Å². The van der Waals surface area contributed by atoms with Crippen molar-refractivity contribution < 1.29 is 4.74 Å². The first-order valence-electron chi connectivity index (χ1n) is 8.40. The maximum Gasteiger partial charge on any atom is 0.119 e. The summed E-state index contributed by atoms with van der Waals surface area (Å²) in [5, 5.41) is 3.49. The van der Waals surface area contributed by atoms with Crippen LogP contribution in [0.25, 0.3) is 0 Å². The van der Waals surface area contributed by atoms with Gasteiger partial charge in [-0.2, -0.15) is 0 Å². The molecule has 0 aliphatic heterocycles. The van der Waals surface area contributed by atoms with Crippen LogP contribution in [0.1, 0.15) is 16.7 Å². The van der Waals surface area contributed by atoms with Crippen molar-refractivity contribution in [3.8, 4) is 5.75 Å². The number of hydrogen-bond donors (Lipinski definition) is 1. The lowest BCUT2D eigenvalue weighted by Gasteiger charge is -2.08. The van der Waals surface area contributed by atoms with Crippen LogP contribution < -0.4 is 10.1 Å². The third-order valence-corrected chi connectivity index (χ3v) is 3.93. The maximum atomic E-state index is 5.81. The first-order chi connectivity index (χ1) is 11.9. The van der Waals surface area contributed by atoms with Gasteiger partial charge in [-0.3, -0.25) is 0 Å². The smallest absolute Gasteiger partial charge is 0.119 e. The molecular formula is C22H24ClNO. The highest BCUT2D eigenvalue weighted by atomic mass is 35.5. The molecule has 0 saturated heterocycles. The summed E-state index contributed by atoms with van der Waals surface area (Å²) in [7, 11) is 0. The van der Waals surface area contributed by atoms with Crippen molar-refractivity contribution in [2.75, 3.05) is 6.54 Å². The molecule has 0 aliphatic carbocycles. The molecule has 3 rings (SSSR count). The van der Waals surface area contributed by atoms with Gasteiger partial charge in [0.2, 0.25) is 0 Å². The molecule has 0 radical (unpaired) electrons. The molecule has 0 heterocycles. The quantitative estimate of drug-likeness (QED) is 0.574. The van der Waals surface area contributed by atoms with Crippen LogP contribution >= 0.6 is 12.4 Å². The van der Waals surface area contributed by atoms with Gasteiger partial charge < -0.3 is 10.1 Å². The van der Waals surface area contributed by atoms with Crippen molar-refractivity contribution in [3.63, 3.8) is 0 Å². The van der Waals surface area contributed by atoms with Gasteiger partial charge in [-0.15, -0.1) is 12.4 Å². The Hall–Kier alpha value is -2.29. The van der Waals surface area contributed by atoms with Crippen LogP contribution in [0.5, 0.6) is 5.75 Å². The predicted molar refractivity (Wildman–Crippen MR) is 106 cm³/mol. The Balaban J connectivity index is 0.00000225. The highest BCUT2D eigenvalue weighted by Crippen LogP contribution is 2.14. The molecule has 3 aromatic carbocycles. The highest BCUT2D eigenvalue weighted by Gasteiger charge is 1.98. The Morgan fingerprint density at radius 1 is 0.640 bits per heavy atom. The van der Waals surface area contributed by atoms with E-state index in [1.54, 1.807) is 0 Å². The average Bonchev–Trinajstić information content (AvgIpc) is 2.66. The van der Waals surface area contributed by atoms with Crippen LogP contribution in [0.2, 0.25) is 0 Å². The molecule has 2 nitrogen and oxygen atoms in total. The van der Waals surface area contributed by atoms with Gasteiger partial charge in [-0.05, 0) is 41.8 Å². The summed E-state index contributed by atoms with van der Waals surface area (Å²) in [6.07, 6.45) is 1.05. The van der Waals surface area contributed by atoms with Crippen molar-refractivity contribution in [2.45, 2.75) is 19.6 Å². The molecular weight excluding hydrogens is 330 g/mol. The number of nitrogens with one attached hydrogen (secondary N) is 1. The van der Waals surface area contributed by atoms with E-state index in [2.05, 4.69) is 59.9 Å². The lowest BCUT2D eigenvalue weighted by Crippen LogP contribution is -2.16. The largest absolute Gasteiger partial charge is 0.489 e. The van der Waals surface area contributed by atoms with E-state index in [-0.39, 0.29) is 12.4 Å². The Kier molecular flexibility index (Phi) is 8.03. The van der Waals surface area contributed by atoms with Gasteiger partial charge in [0.15, 0.2) is 0 Å². The molecule has 0 fully saturated rings.